The summed E-state index contributed by atoms with van der Waals surface area (Å²) in [7, 11) is 1.83. The molecular weight excluding hydrogens is 272 g/mol. The SMILES string of the molecule is CCC1CN(C(=NC)NCCNC(=O)C2CC2)CCS1. The molecule has 2 rings (SSSR count). The van der Waals surface area contributed by atoms with Gasteiger partial charge in [0.05, 0.1) is 0 Å². The van der Waals surface area contributed by atoms with Crippen LogP contribution in [-0.2, 0) is 4.79 Å². The molecule has 2 fully saturated rings. The van der Waals surface area contributed by atoms with Crippen LogP contribution in [0.2, 0.25) is 0 Å². The Morgan fingerprint density at radius 2 is 2.10 bits per heavy atom. The summed E-state index contributed by atoms with van der Waals surface area (Å²) in [6, 6.07) is 0. The molecule has 6 heteroatoms. The maximum atomic E-state index is 11.5. The van der Waals surface area contributed by atoms with Gasteiger partial charge in [-0.2, -0.15) is 11.8 Å². The molecule has 1 unspecified atom stereocenters. The van der Waals surface area contributed by atoms with Crippen molar-refractivity contribution < 1.29 is 4.79 Å². The van der Waals surface area contributed by atoms with Gasteiger partial charge >= 0.3 is 0 Å². The first kappa shape index (κ1) is 15.5. The lowest BCUT2D eigenvalue weighted by Crippen LogP contribution is -2.49. The zero-order valence-electron chi connectivity index (χ0n) is 12.5. The first-order valence-electron chi connectivity index (χ1n) is 7.59. The Morgan fingerprint density at radius 1 is 1.35 bits per heavy atom. The number of carbonyl (C=O) groups is 1. The number of thioether (sulfide) groups is 1. The van der Waals surface area contributed by atoms with Crippen molar-refractivity contribution in [3.63, 3.8) is 0 Å². The highest BCUT2D eigenvalue weighted by atomic mass is 32.2. The van der Waals surface area contributed by atoms with Crippen LogP contribution < -0.4 is 10.6 Å². The molecule has 0 aromatic heterocycles. The molecule has 0 radical (unpaired) electrons. The van der Waals surface area contributed by atoms with E-state index in [2.05, 4.69) is 39.2 Å². The van der Waals surface area contributed by atoms with Crippen LogP contribution in [0.4, 0.5) is 0 Å². The van der Waals surface area contributed by atoms with E-state index in [0.717, 1.165) is 44.2 Å². The van der Waals surface area contributed by atoms with E-state index in [1.54, 1.807) is 0 Å². The van der Waals surface area contributed by atoms with Gasteiger partial charge in [-0.1, -0.05) is 6.92 Å². The van der Waals surface area contributed by atoms with Gasteiger partial charge in [0.15, 0.2) is 5.96 Å². The fourth-order valence-corrected chi connectivity index (χ4v) is 3.52. The highest BCUT2D eigenvalue weighted by molar-refractivity contribution is 8.00. The van der Waals surface area contributed by atoms with E-state index in [4.69, 9.17) is 0 Å². The molecule has 2 N–H and O–H groups in total. The Kier molecular flexibility index (Phi) is 6.01. The number of nitrogens with zero attached hydrogens (tertiary/aromatic N) is 2. The number of aliphatic imine (C=N–C) groups is 1. The maximum Gasteiger partial charge on any atom is 0.223 e. The van der Waals surface area contributed by atoms with E-state index in [-0.39, 0.29) is 5.91 Å². The molecule has 0 spiro atoms. The lowest BCUT2D eigenvalue weighted by atomic mass is 10.3. The van der Waals surface area contributed by atoms with Gasteiger partial charge in [-0.15, -0.1) is 0 Å². The summed E-state index contributed by atoms with van der Waals surface area (Å²) in [6.45, 7) is 5.77. The van der Waals surface area contributed by atoms with E-state index in [1.165, 1.54) is 6.42 Å². The fourth-order valence-electron chi connectivity index (χ4n) is 2.34. The maximum absolute atomic E-state index is 11.5. The second-order valence-corrected chi connectivity index (χ2v) is 6.79. The molecule has 5 nitrogen and oxygen atoms in total. The summed E-state index contributed by atoms with van der Waals surface area (Å²) >= 11 is 2.06. The molecule has 1 saturated heterocycles. The monoisotopic (exact) mass is 298 g/mol. The van der Waals surface area contributed by atoms with Crippen LogP contribution in [0.15, 0.2) is 4.99 Å². The molecule has 1 aliphatic heterocycles. The number of amides is 1. The Bertz CT molecular complexity index is 357. The average Bonchev–Trinajstić information content (AvgIpc) is 3.32. The molecule has 1 heterocycles. The van der Waals surface area contributed by atoms with Crippen LogP contribution in [0, 0.1) is 5.92 Å². The predicted octanol–water partition coefficient (Wildman–Crippen LogP) is 0.915. The van der Waals surface area contributed by atoms with Crippen molar-refractivity contribution in [2.45, 2.75) is 31.4 Å². The molecule has 1 aliphatic carbocycles. The van der Waals surface area contributed by atoms with Crippen LogP contribution in [0.1, 0.15) is 26.2 Å². The smallest absolute Gasteiger partial charge is 0.223 e. The quantitative estimate of drug-likeness (QED) is 0.450. The highest BCUT2D eigenvalue weighted by Gasteiger charge is 2.29. The molecular formula is C14H26N4OS. The first-order valence-corrected chi connectivity index (χ1v) is 8.64. The molecule has 1 saturated carbocycles. The number of hydrogen-bond donors (Lipinski definition) is 2. The Morgan fingerprint density at radius 3 is 2.75 bits per heavy atom. The fraction of sp³-hybridized carbons (Fsp3) is 0.857. The van der Waals surface area contributed by atoms with Gasteiger partial charge in [0, 0.05) is 50.1 Å². The van der Waals surface area contributed by atoms with E-state index in [1.807, 2.05) is 7.05 Å². The van der Waals surface area contributed by atoms with E-state index < -0.39 is 0 Å². The van der Waals surface area contributed by atoms with Crippen LogP contribution in [0.5, 0.6) is 0 Å². The summed E-state index contributed by atoms with van der Waals surface area (Å²) in [5.41, 5.74) is 0. The predicted molar refractivity (Wildman–Crippen MR) is 85.2 cm³/mol. The average molecular weight is 298 g/mol. The summed E-state index contributed by atoms with van der Waals surface area (Å²) in [4.78, 5) is 18.2. The summed E-state index contributed by atoms with van der Waals surface area (Å²) in [6.07, 6.45) is 3.32. The molecule has 114 valence electrons. The van der Waals surface area contributed by atoms with Crippen molar-refractivity contribution in [2.75, 3.05) is 39.0 Å². The number of nitrogens with one attached hydrogen (secondary N) is 2. The van der Waals surface area contributed by atoms with Gasteiger partial charge in [0.25, 0.3) is 0 Å². The van der Waals surface area contributed by atoms with Gasteiger partial charge in [-0.05, 0) is 19.3 Å². The topological polar surface area (TPSA) is 56.7 Å². The standard InChI is InChI=1S/C14H26N4OS/c1-3-12-10-18(8-9-20-12)14(15-2)17-7-6-16-13(19)11-4-5-11/h11-12H,3-10H2,1-2H3,(H,15,17)(H,16,19). The van der Waals surface area contributed by atoms with Gasteiger partial charge < -0.3 is 15.5 Å². The second-order valence-electron chi connectivity index (χ2n) is 5.39. The number of hydrogen-bond acceptors (Lipinski definition) is 3. The van der Waals surface area contributed by atoms with Crippen molar-refractivity contribution >= 4 is 23.6 Å². The normalized spacial score (nSPS) is 23.6. The molecule has 0 aromatic rings. The minimum absolute atomic E-state index is 0.210. The molecule has 20 heavy (non-hydrogen) atoms. The summed E-state index contributed by atoms with van der Waals surface area (Å²) < 4.78 is 0. The lowest BCUT2D eigenvalue weighted by molar-refractivity contribution is -0.122. The number of guanidine groups is 1. The Labute approximate surface area is 126 Å². The van der Waals surface area contributed by atoms with E-state index in [9.17, 15) is 4.79 Å². The lowest BCUT2D eigenvalue weighted by Gasteiger charge is -2.34. The molecule has 1 amide bonds. The van der Waals surface area contributed by atoms with Crippen LogP contribution in [0.3, 0.4) is 0 Å². The molecule has 1 atom stereocenters. The first-order chi connectivity index (χ1) is 9.74. The van der Waals surface area contributed by atoms with Gasteiger partial charge in [-0.3, -0.25) is 9.79 Å². The van der Waals surface area contributed by atoms with Crippen molar-refractivity contribution in [1.82, 2.24) is 15.5 Å². The molecule has 0 aromatic carbocycles. The largest absolute Gasteiger partial charge is 0.354 e. The minimum Gasteiger partial charge on any atom is -0.354 e. The Hall–Kier alpha value is -0.910. The van der Waals surface area contributed by atoms with Gasteiger partial charge in [0.1, 0.15) is 0 Å². The van der Waals surface area contributed by atoms with Crippen molar-refractivity contribution in [3.05, 3.63) is 0 Å². The van der Waals surface area contributed by atoms with Crippen LogP contribution in [-0.4, -0.2) is 61.0 Å². The van der Waals surface area contributed by atoms with E-state index >= 15 is 0 Å². The summed E-state index contributed by atoms with van der Waals surface area (Å²) in [5, 5.41) is 7.02. The second kappa shape index (κ2) is 7.76. The van der Waals surface area contributed by atoms with Crippen LogP contribution >= 0.6 is 11.8 Å². The molecule has 0 bridgehead atoms. The van der Waals surface area contributed by atoms with Crippen molar-refractivity contribution in [3.8, 4) is 0 Å². The Balaban J connectivity index is 1.67. The zero-order chi connectivity index (χ0) is 14.4. The van der Waals surface area contributed by atoms with E-state index in [0.29, 0.717) is 17.7 Å². The molecule has 2 aliphatic rings. The summed E-state index contributed by atoms with van der Waals surface area (Å²) in [5.74, 6) is 2.63. The number of rotatable bonds is 5. The van der Waals surface area contributed by atoms with Gasteiger partial charge in [-0.25, -0.2) is 0 Å². The van der Waals surface area contributed by atoms with Crippen molar-refractivity contribution in [2.24, 2.45) is 10.9 Å². The highest BCUT2D eigenvalue weighted by Crippen LogP contribution is 2.28. The number of carbonyl (C=O) groups excluding carboxylic acids is 1. The third-order valence-corrected chi connectivity index (χ3v) is 5.13. The minimum atomic E-state index is 0.210. The third kappa shape index (κ3) is 4.58. The van der Waals surface area contributed by atoms with Crippen LogP contribution in [0.25, 0.3) is 0 Å². The zero-order valence-corrected chi connectivity index (χ0v) is 13.3. The third-order valence-electron chi connectivity index (χ3n) is 3.76. The van der Waals surface area contributed by atoms with Gasteiger partial charge in [0.2, 0.25) is 5.91 Å². The van der Waals surface area contributed by atoms with Crippen molar-refractivity contribution in [1.29, 1.82) is 0 Å².